The molecule has 0 aromatic rings. The second-order valence-electron chi connectivity index (χ2n) is 7.15. The minimum Gasteiger partial charge on any atom is -0.131 e. The Morgan fingerprint density at radius 3 is 1.10 bits per heavy atom. The van der Waals surface area contributed by atoms with E-state index in [4.69, 9.17) is 0 Å². The molecule has 0 spiro atoms. The van der Waals surface area contributed by atoms with Crippen molar-refractivity contribution in [3.05, 3.63) is 0 Å². The van der Waals surface area contributed by atoms with Gasteiger partial charge in [-0.3, -0.25) is 0 Å². The quantitative estimate of drug-likeness (QED) is 0.200. The highest BCUT2D eigenvalue weighted by Gasteiger charge is 2.22. The summed E-state index contributed by atoms with van der Waals surface area (Å²) in [6, 6.07) is 0. The van der Waals surface area contributed by atoms with Crippen molar-refractivity contribution < 1.29 is 0 Å². The molecule has 0 aromatic heterocycles. The van der Waals surface area contributed by atoms with Gasteiger partial charge in [0.25, 0.3) is 0 Å². The highest BCUT2D eigenvalue weighted by molar-refractivity contribution is 7.19. The molecule has 0 aromatic carbocycles. The van der Waals surface area contributed by atoms with E-state index in [1.165, 1.54) is 103 Å². The molecule has 0 aliphatic carbocycles. The molecule has 0 radical (unpaired) electrons. The molecule has 1 unspecified atom stereocenters. The first-order valence-corrected chi connectivity index (χ1v) is 10.5. The summed E-state index contributed by atoms with van der Waals surface area (Å²) < 4.78 is 0. The molecule has 0 saturated carbocycles. The molecule has 128 valence electrons. The summed E-state index contributed by atoms with van der Waals surface area (Å²) in [6.07, 6.45) is 22.8. The van der Waals surface area contributed by atoms with E-state index in [2.05, 4.69) is 30.0 Å². The SMILES string of the molecule is CCCCCCCC(P)(CCCCCC)CCCCCC. The summed E-state index contributed by atoms with van der Waals surface area (Å²) in [7, 11) is 3.29. The van der Waals surface area contributed by atoms with Crippen molar-refractivity contribution in [2.45, 2.75) is 129 Å². The number of rotatable bonds is 16. The van der Waals surface area contributed by atoms with Crippen LogP contribution in [0.25, 0.3) is 0 Å². The fraction of sp³-hybridized carbons (Fsp3) is 1.00. The van der Waals surface area contributed by atoms with Crippen molar-refractivity contribution in [3.8, 4) is 0 Å². The molecule has 0 heterocycles. The third-order valence-corrected chi connectivity index (χ3v) is 5.70. The smallest absolute Gasteiger partial charge is 0.0150 e. The van der Waals surface area contributed by atoms with Gasteiger partial charge in [-0.25, -0.2) is 0 Å². The molecule has 0 N–H and O–H groups in total. The van der Waals surface area contributed by atoms with Crippen LogP contribution in [0.3, 0.4) is 0 Å². The fourth-order valence-electron chi connectivity index (χ4n) is 3.26. The zero-order chi connectivity index (χ0) is 15.8. The molecule has 0 saturated heterocycles. The van der Waals surface area contributed by atoms with Crippen LogP contribution >= 0.6 is 9.24 Å². The molecule has 0 aliphatic rings. The molecule has 0 amide bonds. The van der Waals surface area contributed by atoms with Gasteiger partial charge in [-0.2, -0.15) is 0 Å². The van der Waals surface area contributed by atoms with Crippen LogP contribution in [-0.4, -0.2) is 5.16 Å². The normalized spacial score (nSPS) is 12.0. The highest BCUT2D eigenvalue weighted by atomic mass is 31.0. The standard InChI is InChI=1S/C20H43P/c1-4-7-10-13-16-19-20(21,17-14-11-8-5-2)18-15-12-9-6-3/h4-19,21H2,1-3H3. The van der Waals surface area contributed by atoms with Crippen LogP contribution in [0.5, 0.6) is 0 Å². The third-order valence-electron chi connectivity index (χ3n) is 4.83. The summed E-state index contributed by atoms with van der Waals surface area (Å²) in [5.74, 6) is 0. The lowest BCUT2D eigenvalue weighted by atomic mass is 9.88. The Morgan fingerprint density at radius 1 is 0.476 bits per heavy atom. The van der Waals surface area contributed by atoms with E-state index in [1.807, 2.05) is 0 Å². The predicted octanol–water partition coefficient (Wildman–Crippen LogP) is 7.90. The monoisotopic (exact) mass is 314 g/mol. The lowest BCUT2D eigenvalue weighted by Gasteiger charge is -2.30. The zero-order valence-corrected chi connectivity index (χ0v) is 16.5. The zero-order valence-electron chi connectivity index (χ0n) is 15.4. The summed E-state index contributed by atoms with van der Waals surface area (Å²) >= 11 is 0. The molecule has 0 nitrogen and oxygen atoms in total. The van der Waals surface area contributed by atoms with Gasteiger partial charge in [0.2, 0.25) is 0 Å². The van der Waals surface area contributed by atoms with Crippen molar-refractivity contribution in [3.63, 3.8) is 0 Å². The summed E-state index contributed by atoms with van der Waals surface area (Å²) in [4.78, 5) is 0. The largest absolute Gasteiger partial charge is 0.131 e. The van der Waals surface area contributed by atoms with Crippen LogP contribution in [-0.2, 0) is 0 Å². The van der Waals surface area contributed by atoms with Gasteiger partial charge >= 0.3 is 0 Å². The summed E-state index contributed by atoms with van der Waals surface area (Å²) in [6.45, 7) is 6.93. The van der Waals surface area contributed by atoms with Gasteiger partial charge in [0.05, 0.1) is 0 Å². The van der Waals surface area contributed by atoms with Crippen LogP contribution in [0.15, 0.2) is 0 Å². The maximum absolute atomic E-state index is 3.29. The maximum Gasteiger partial charge on any atom is -0.0150 e. The summed E-state index contributed by atoms with van der Waals surface area (Å²) in [5, 5.41) is 0.563. The number of hydrogen-bond donors (Lipinski definition) is 0. The molecule has 0 aliphatic heterocycles. The van der Waals surface area contributed by atoms with Crippen molar-refractivity contribution in [2.75, 3.05) is 0 Å². The lowest BCUT2D eigenvalue weighted by Crippen LogP contribution is -2.20. The van der Waals surface area contributed by atoms with Gasteiger partial charge in [0.15, 0.2) is 0 Å². The van der Waals surface area contributed by atoms with Crippen LogP contribution < -0.4 is 0 Å². The number of hydrogen-bond acceptors (Lipinski definition) is 0. The molecule has 1 atom stereocenters. The van der Waals surface area contributed by atoms with Crippen LogP contribution in [0, 0.1) is 0 Å². The maximum atomic E-state index is 3.29. The second-order valence-corrected chi connectivity index (χ2v) is 8.37. The Balaban J connectivity index is 3.98. The topological polar surface area (TPSA) is 0 Å². The van der Waals surface area contributed by atoms with Gasteiger partial charge in [0.1, 0.15) is 0 Å². The van der Waals surface area contributed by atoms with Gasteiger partial charge in [-0.1, -0.05) is 104 Å². The Hall–Kier alpha value is 0.430. The molecular weight excluding hydrogens is 271 g/mol. The first-order valence-electron chi connectivity index (χ1n) is 9.97. The van der Waals surface area contributed by atoms with E-state index in [-0.39, 0.29) is 0 Å². The summed E-state index contributed by atoms with van der Waals surface area (Å²) in [5.41, 5.74) is 0. The molecule has 0 fully saturated rings. The Bertz CT molecular complexity index is 188. The molecule has 0 rings (SSSR count). The minimum atomic E-state index is 0.563. The second kappa shape index (κ2) is 15.3. The van der Waals surface area contributed by atoms with Gasteiger partial charge < -0.3 is 0 Å². The lowest BCUT2D eigenvalue weighted by molar-refractivity contribution is 0.405. The van der Waals surface area contributed by atoms with E-state index in [0.29, 0.717) is 5.16 Å². The van der Waals surface area contributed by atoms with Crippen molar-refractivity contribution >= 4 is 9.24 Å². The Kier molecular flexibility index (Phi) is 15.6. The average molecular weight is 315 g/mol. The van der Waals surface area contributed by atoms with Crippen molar-refractivity contribution in [2.24, 2.45) is 0 Å². The minimum absolute atomic E-state index is 0.563. The van der Waals surface area contributed by atoms with Gasteiger partial charge in [-0.05, 0) is 24.4 Å². The molecular formula is C20H43P. The molecule has 0 bridgehead atoms. The Labute approximate surface area is 138 Å². The first kappa shape index (κ1) is 21.4. The highest BCUT2D eigenvalue weighted by Crippen LogP contribution is 2.37. The molecule has 21 heavy (non-hydrogen) atoms. The van der Waals surface area contributed by atoms with Crippen molar-refractivity contribution in [1.82, 2.24) is 0 Å². The van der Waals surface area contributed by atoms with Gasteiger partial charge in [0, 0.05) is 0 Å². The van der Waals surface area contributed by atoms with E-state index in [0.717, 1.165) is 0 Å². The van der Waals surface area contributed by atoms with Gasteiger partial charge in [-0.15, -0.1) is 9.24 Å². The first-order chi connectivity index (χ1) is 10.2. The van der Waals surface area contributed by atoms with E-state index in [9.17, 15) is 0 Å². The van der Waals surface area contributed by atoms with E-state index in [1.54, 1.807) is 0 Å². The number of unbranched alkanes of at least 4 members (excludes halogenated alkanes) is 10. The average Bonchev–Trinajstić information content (AvgIpc) is 2.48. The fourth-order valence-corrected chi connectivity index (χ4v) is 3.88. The van der Waals surface area contributed by atoms with Crippen LogP contribution in [0.1, 0.15) is 124 Å². The van der Waals surface area contributed by atoms with Crippen molar-refractivity contribution in [1.29, 1.82) is 0 Å². The Morgan fingerprint density at radius 2 is 0.762 bits per heavy atom. The van der Waals surface area contributed by atoms with Crippen LogP contribution in [0.4, 0.5) is 0 Å². The van der Waals surface area contributed by atoms with E-state index >= 15 is 0 Å². The molecule has 1 heteroatoms. The predicted molar refractivity (Wildman–Crippen MR) is 103 cm³/mol. The van der Waals surface area contributed by atoms with E-state index < -0.39 is 0 Å². The van der Waals surface area contributed by atoms with Crippen LogP contribution in [0.2, 0.25) is 0 Å². The third kappa shape index (κ3) is 13.8.